The third-order valence-corrected chi connectivity index (χ3v) is 2.73. The molecule has 0 saturated heterocycles. The minimum atomic E-state index is 0.743. The summed E-state index contributed by atoms with van der Waals surface area (Å²) < 4.78 is 0. The van der Waals surface area contributed by atoms with Gasteiger partial charge in [0.05, 0.1) is 30.3 Å². The molecule has 0 radical (unpaired) electrons. The molecule has 0 amide bonds. The molecule has 2 rings (SSSR count). The van der Waals surface area contributed by atoms with Crippen LogP contribution in [0.15, 0.2) is 30.0 Å². The standard InChI is InChI=1S/C10H12N4S/c1-11-8-4-9(6-12-5-8)14-7-10-13-2-3-15-10/h2-6,11,14H,7H2,1H3. The molecule has 2 aromatic rings. The van der Waals surface area contributed by atoms with Crippen LogP contribution in [0, 0.1) is 0 Å². The van der Waals surface area contributed by atoms with Crippen LogP contribution >= 0.6 is 11.3 Å². The van der Waals surface area contributed by atoms with Crippen LogP contribution in [0.4, 0.5) is 11.4 Å². The molecule has 0 saturated carbocycles. The molecule has 4 nitrogen and oxygen atoms in total. The van der Waals surface area contributed by atoms with Gasteiger partial charge in [-0.2, -0.15) is 0 Å². The summed E-state index contributed by atoms with van der Waals surface area (Å²) in [5.41, 5.74) is 2.00. The smallest absolute Gasteiger partial charge is 0.112 e. The van der Waals surface area contributed by atoms with Crippen LogP contribution < -0.4 is 10.6 Å². The molecule has 0 spiro atoms. The Labute approximate surface area is 92.4 Å². The van der Waals surface area contributed by atoms with Gasteiger partial charge in [0.2, 0.25) is 0 Å². The van der Waals surface area contributed by atoms with Gasteiger partial charge in [-0.25, -0.2) is 4.98 Å². The third kappa shape index (κ3) is 2.66. The van der Waals surface area contributed by atoms with Crippen LogP contribution in [0.1, 0.15) is 5.01 Å². The van der Waals surface area contributed by atoms with Crippen molar-refractivity contribution in [1.29, 1.82) is 0 Å². The SMILES string of the molecule is CNc1cncc(NCc2nccs2)c1. The zero-order chi connectivity index (χ0) is 10.5. The van der Waals surface area contributed by atoms with Gasteiger partial charge in [-0.1, -0.05) is 0 Å². The lowest BCUT2D eigenvalue weighted by molar-refractivity contribution is 1.10. The van der Waals surface area contributed by atoms with Crippen molar-refractivity contribution >= 4 is 22.7 Å². The lowest BCUT2D eigenvalue weighted by atomic mass is 10.3. The van der Waals surface area contributed by atoms with E-state index in [1.807, 2.05) is 24.7 Å². The van der Waals surface area contributed by atoms with E-state index < -0.39 is 0 Å². The zero-order valence-corrected chi connectivity index (χ0v) is 9.21. The van der Waals surface area contributed by atoms with Gasteiger partial charge in [-0.15, -0.1) is 11.3 Å². The summed E-state index contributed by atoms with van der Waals surface area (Å²) in [7, 11) is 1.88. The molecule has 0 aliphatic heterocycles. The molecule has 0 bridgehead atoms. The number of nitrogens with one attached hydrogen (secondary N) is 2. The largest absolute Gasteiger partial charge is 0.387 e. The van der Waals surface area contributed by atoms with Crippen molar-refractivity contribution in [2.75, 3.05) is 17.7 Å². The average molecular weight is 220 g/mol. The van der Waals surface area contributed by atoms with Crippen molar-refractivity contribution in [2.24, 2.45) is 0 Å². The lowest BCUT2D eigenvalue weighted by Crippen LogP contribution is -2.00. The number of hydrogen-bond donors (Lipinski definition) is 2. The second-order valence-corrected chi connectivity index (χ2v) is 3.97. The summed E-state index contributed by atoms with van der Waals surface area (Å²) in [5.74, 6) is 0. The van der Waals surface area contributed by atoms with Crippen molar-refractivity contribution in [3.63, 3.8) is 0 Å². The number of nitrogens with zero attached hydrogens (tertiary/aromatic N) is 2. The van der Waals surface area contributed by atoms with E-state index in [4.69, 9.17) is 0 Å². The first-order valence-corrected chi connectivity index (χ1v) is 5.51. The second kappa shape index (κ2) is 4.75. The van der Waals surface area contributed by atoms with Gasteiger partial charge in [-0.05, 0) is 6.07 Å². The number of hydrogen-bond acceptors (Lipinski definition) is 5. The fourth-order valence-electron chi connectivity index (χ4n) is 1.19. The minimum Gasteiger partial charge on any atom is -0.387 e. The summed E-state index contributed by atoms with van der Waals surface area (Å²) >= 11 is 1.64. The number of thiazole rings is 1. The van der Waals surface area contributed by atoms with Crippen molar-refractivity contribution in [1.82, 2.24) is 9.97 Å². The Bertz CT molecular complexity index is 413. The van der Waals surface area contributed by atoms with Gasteiger partial charge in [0.25, 0.3) is 0 Å². The quantitative estimate of drug-likeness (QED) is 0.829. The molecule has 78 valence electrons. The van der Waals surface area contributed by atoms with Crippen LogP contribution in [0.3, 0.4) is 0 Å². The molecule has 0 unspecified atom stereocenters. The Kier molecular flexibility index (Phi) is 3.14. The average Bonchev–Trinajstić information content (AvgIpc) is 2.79. The predicted octanol–water partition coefficient (Wildman–Crippen LogP) is 2.19. The first-order chi connectivity index (χ1) is 7.38. The van der Waals surface area contributed by atoms with Crippen molar-refractivity contribution in [3.8, 4) is 0 Å². The van der Waals surface area contributed by atoms with Gasteiger partial charge in [0.15, 0.2) is 0 Å². The van der Waals surface area contributed by atoms with Crippen LogP contribution in [0.5, 0.6) is 0 Å². The summed E-state index contributed by atoms with van der Waals surface area (Å²) in [6.45, 7) is 0.743. The summed E-state index contributed by atoms with van der Waals surface area (Å²) in [4.78, 5) is 8.31. The van der Waals surface area contributed by atoms with Gasteiger partial charge in [-0.3, -0.25) is 4.98 Å². The highest BCUT2D eigenvalue weighted by atomic mass is 32.1. The second-order valence-electron chi connectivity index (χ2n) is 2.99. The maximum Gasteiger partial charge on any atom is 0.112 e. The van der Waals surface area contributed by atoms with E-state index in [-0.39, 0.29) is 0 Å². The molecule has 0 aliphatic rings. The molecule has 2 heterocycles. The van der Waals surface area contributed by atoms with Gasteiger partial charge < -0.3 is 10.6 Å². The van der Waals surface area contributed by atoms with Crippen LogP contribution in [0.2, 0.25) is 0 Å². The fraction of sp³-hybridized carbons (Fsp3) is 0.200. The number of aromatic nitrogens is 2. The summed E-state index contributed by atoms with van der Waals surface area (Å²) in [6.07, 6.45) is 5.40. The highest BCUT2D eigenvalue weighted by Crippen LogP contribution is 2.13. The van der Waals surface area contributed by atoms with Crippen LogP contribution in [-0.2, 0) is 6.54 Å². The molecule has 15 heavy (non-hydrogen) atoms. The molecule has 0 aromatic carbocycles. The van der Waals surface area contributed by atoms with E-state index in [0.717, 1.165) is 22.9 Å². The highest BCUT2D eigenvalue weighted by molar-refractivity contribution is 7.09. The molecule has 5 heteroatoms. The van der Waals surface area contributed by atoms with Gasteiger partial charge in [0.1, 0.15) is 5.01 Å². The molecular weight excluding hydrogens is 208 g/mol. The van der Waals surface area contributed by atoms with Crippen molar-refractivity contribution in [2.45, 2.75) is 6.54 Å². The number of rotatable bonds is 4. The molecule has 2 N–H and O–H groups in total. The minimum absolute atomic E-state index is 0.743. The maximum atomic E-state index is 4.19. The summed E-state index contributed by atoms with van der Waals surface area (Å²) in [5, 5.41) is 9.36. The number of pyridine rings is 1. The highest BCUT2D eigenvalue weighted by Gasteiger charge is 1.97. The molecule has 0 aliphatic carbocycles. The van der Waals surface area contributed by atoms with E-state index >= 15 is 0 Å². The normalized spacial score (nSPS) is 9.93. The Hall–Kier alpha value is -1.62. The van der Waals surface area contributed by atoms with Gasteiger partial charge >= 0.3 is 0 Å². The van der Waals surface area contributed by atoms with Crippen LogP contribution in [-0.4, -0.2) is 17.0 Å². The Morgan fingerprint density at radius 3 is 2.93 bits per heavy atom. The Balaban J connectivity index is 1.98. The lowest BCUT2D eigenvalue weighted by Gasteiger charge is -2.05. The van der Waals surface area contributed by atoms with Gasteiger partial charge in [0, 0.05) is 18.6 Å². The first kappa shape index (κ1) is 9.92. The van der Waals surface area contributed by atoms with E-state index in [2.05, 4.69) is 20.6 Å². The molecule has 0 atom stereocenters. The fourth-order valence-corrected chi connectivity index (χ4v) is 1.75. The summed E-state index contributed by atoms with van der Waals surface area (Å²) in [6, 6.07) is 2.01. The molecule has 2 aromatic heterocycles. The Morgan fingerprint density at radius 1 is 1.33 bits per heavy atom. The molecular formula is C10H12N4S. The topological polar surface area (TPSA) is 49.8 Å². The van der Waals surface area contributed by atoms with E-state index in [1.54, 1.807) is 23.7 Å². The monoisotopic (exact) mass is 220 g/mol. The van der Waals surface area contributed by atoms with E-state index in [0.29, 0.717) is 0 Å². The maximum absolute atomic E-state index is 4.19. The zero-order valence-electron chi connectivity index (χ0n) is 8.40. The van der Waals surface area contributed by atoms with Crippen LogP contribution in [0.25, 0.3) is 0 Å². The number of anilines is 2. The van der Waals surface area contributed by atoms with E-state index in [1.165, 1.54) is 0 Å². The van der Waals surface area contributed by atoms with E-state index in [9.17, 15) is 0 Å². The first-order valence-electron chi connectivity index (χ1n) is 4.63. The molecule has 0 fully saturated rings. The van der Waals surface area contributed by atoms with Crippen molar-refractivity contribution in [3.05, 3.63) is 35.0 Å². The third-order valence-electron chi connectivity index (χ3n) is 1.95. The van der Waals surface area contributed by atoms with Crippen molar-refractivity contribution < 1.29 is 0 Å². The Morgan fingerprint density at radius 2 is 2.20 bits per heavy atom. The predicted molar refractivity (Wildman–Crippen MR) is 63.2 cm³/mol.